The fraction of sp³-hybridized carbons (Fsp3) is 0.417. The Morgan fingerprint density at radius 1 is 1.31 bits per heavy atom. The van der Waals surface area contributed by atoms with Gasteiger partial charge < -0.3 is 14.6 Å². The van der Waals surface area contributed by atoms with Crippen LogP contribution in [0.2, 0.25) is 0 Å². The Morgan fingerprint density at radius 2 is 1.94 bits per heavy atom. The fourth-order valence-corrected chi connectivity index (χ4v) is 1.09. The smallest absolute Gasteiger partial charge is 0.332 e. The molecule has 0 saturated heterocycles. The van der Waals surface area contributed by atoms with Crippen molar-refractivity contribution < 1.29 is 19.4 Å². The fourth-order valence-electron chi connectivity index (χ4n) is 1.09. The Kier molecular flexibility index (Phi) is 4.79. The highest BCUT2D eigenvalue weighted by atomic mass is 16.5. The molecule has 4 nitrogen and oxygen atoms in total. The van der Waals surface area contributed by atoms with Crippen LogP contribution in [0.1, 0.15) is 12.5 Å². The zero-order chi connectivity index (χ0) is 12.0. The van der Waals surface area contributed by atoms with E-state index in [2.05, 4.69) is 0 Å². The summed E-state index contributed by atoms with van der Waals surface area (Å²) in [7, 11) is 0. The van der Waals surface area contributed by atoms with E-state index in [1.165, 1.54) is 12.5 Å². The van der Waals surface area contributed by atoms with Crippen molar-refractivity contribution in [2.24, 2.45) is 0 Å². The molecule has 0 radical (unpaired) electrons. The van der Waals surface area contributed by atoms with E-state index in [9.17, 15) is 4.79 Å². The van der Waals surface area contributed by atoms with E-state index in [1.807, 2.05) is 31.2 Å². The predicted molar refractivity (Wildman–Crippen MR) is 59.7 cm³/mol. The Labute approximate surface area is 94.8 Å². The van der Waals surface area contributed by atoms with Crippen molar-refractivity contribution in [2.45, 2.75) is 20.0 Å². The van der Waals surface area contributed by atoms with Crippen molar-refractivity contribution in [1.82, 2.24) is 0 Å². The molecule has 1 unspecified atom stereocenters. The first-order chi connectivity index (χ1) is 7.59. The Bertz CT molecular complexity index is 331. The monoisotopic (exact) mass is 224 g/mol. The third-order valence-corrected chi connectivity index (χ3v) is 2.09. The molecule has 0 amide bonds. The van der Waals surface area contributed by atoms with Gasteiger partial charge in [0.15, 0.2) is 6.10 Å². The van der Waals surface area contributed by atoms with Gasteiger partial charge in [0.05, 0.1) is 6.61 Å². The third kappa shape index (κ3) is 4.31. The first-order valence-corrected chi connectivity index (χ1v) is 5.13. The second-order valence-corrected chi connectivity index (χ2v) is 3.51. The van der Waals surface area contributed by atoms with E-state index in [4.69, 9.17) is 14.6 Å². The first-order valence-electron chi connectivity index (χ1n) is 5.13. The molecule has 1 aromatic rings. The summed E-state index contributed by atoms with van der Waals surface area (Å²) in [6.07, 6.45) is -0.790. The topological polar surface area (TPSA) is 55.8 Å². The van der Waals surface area contributed by atoms with Crippen LogP contribution in [0.3, 0.4) is 0 Å². The maximum absolute atomic E-state index is 10.4. The lowest BCUT2D eigenvalue weighted by Crippen LogP contribution is -2.22. The van der Waals surface area contributed by atoms with Gasteiger partial charge in [-0.15, -0.1) is 0 Å². The lowest BCUT2D eigenvalue weighted by molar-refractivity contribution is -0.149. The molecule has 1 N–H and O–H groups in total. The van der Waals surface area contributed by atoms with E-state index in [1.54, 1.807) is 0 Å². The predicted octanol–water partition coefficient (Wildman–Crippen LogP) is 1.86. The lowest BCUT2D eigenvalue weighted by Gasteiger charge is -2.09. The number of ether oxygens (including phenoxy) is 2. The Hall–Kier alpha value is -1.55. The third-order valence-electron chi connectivity index (χ3n) is 2.09. The highest BCUT2D eigenvalue weighted by molar-refractivity contribution is 5.71. The van der Waals surface area contributed by atoms with E-state index in [0.29, 0.717) is 6.61 Å². The van der Waals surface area contributed by atoms with Crippen LogP contribution in [0.5, 0.6) is 5.75 Å². The highest BCUT2D eigenvalue weighted by Gasteiger charge is 2.09. The number of carboxylic acid groups (broad SMARTS) is 1. The molecule has 0 fully saturated rings. The summed E-state index contributed by atoms with van der Waals surface area (Å²) in [5.41, 5.74) is 1.17. The van der Waals surface area contributed by atoms with Crippen LogP contribution in [0, 0.1) is 6.92 Å². The standard InChI is InChI=1S/C12H16O4/c1-9-3-5-11(6-4-9)16-8-7-15-10(2)12(13)14/h3-6,10H,7-8H2,1-2H3,(H,13,14). The summed E-state index contributed by atoms with van der Waals surface area (Å²) in [6, 6.07) is 7.65. The van der Waals surface area contributed by atoms with Crippen LogP contribution in [-0.2, 0) is 9.53 Å². The number of carbonyl (C=O) groups is 1. The molecule has 0 aliphatic heterocycles. The molecule has 1 aromatic carbocycles. The molecule has 0 spiro atoms. The van der Waals surface area contributed by atoms with Gasteiger partial charge in [0.1, 0.15) is 12.4 Å². The molecule has 0 aliphatic rings. The largest absolute Gasteiger partial charge is 0.491 e. The summed E-state index contributed by atoms with van der Waals surface area (Å²) in [6.45, 7) is 4.11. The van der Waals surface area contributed by atoms with Crippen LogP contribution in [0.4, 0.5) is 0 Å². The molecular formula is C12H16O4. The molecule has 0 aliphatic carbocycles. The minimum absolute atomic E-state index is 0.265. The molecule has 1 atom stereocenters. The molecular weight excluding hydrogens is 208 g/mol. The average molecular weight is 224 g/mol. The van der Waals surface area contributed by atoms with E-state index < -0.39 is 12.1 Å². The normalized spacial score (nSPS) is 12.1. The lowest BCUT2D eigenvalue weighted by atomic mass is 10.2. The number of hydrogen-bond acceptors (Lipinski definition) is 3. The van der Waals surface area contributed by atoms with Gasteiger partial charge >= 0.3 is 5.97 Å². The van der Waals surface area contributed by atoms with Gasteiger partial charge in [0.25, 0.3) is 0 Å². The zero-order valence-corrected chi connectivity index (χ0v) is 9.47. The van der Waals surface area contributed by atoms with Crippen molar-refractivity contribution in [2.75, 3.05) is 13.2 Å². The van der Waals surface area contributed by atoms with E-state index in [-0.39, 0.29) is 6.61 Å². The zero-order valence-electron chi connectivity index (χ0n) is 9.47. The summed E-state index contributed by atoms with van der Waals surface area (Å²) in [4.78, 5) is 10.4. The molecule has 0 aromatic heterocycles. The number of aryl methyl sites for hydroxylation is 1. The molecule has 0 saturated carbocycles. The van der Waals surface area contributed by atoms with Crippen LogP contribution in [0.25, 0.3) is 0 Å². The minimum Gasteiger partial charge on any atom is -0.491 e. The van der Waals surface area contributed by atoms with Gasteiger partial charge in [-0.3, -0.25) is 0 Å². The first kappa shape index (κ1) is 12.5. The number of benzene rings is 1. The second kappa shape index (κ2) is 6.12. The van der Waals surface area contributed by atoms with E-state index >= 15 is 0 Å². The SMILES string of the molecule is Cc1ccc(OCCOC(C)C(=O)O)cc1. The second-order valence-electron chi connectivity index (χ2n) is 3.51. The number of aliphatic carboxylic acids is 1. The molecule has 16 heavy (non-hydrogen) atoms. The maximum atomic E-state index is 10.4. The van der Waals surface area contributed by atoms with Crippen LogP contribution >= 0.6 is 0 Å². The summed E-state index contributed by atoms with van der Waals surface area (Å²) in [5.74, 6) is -0.201. The van der Waals surface area contributed by atoms with Crippen LogP contribution < -0.4 is 4.74 Å². The van der Waals surface area contributed by atoms with Gasteiger partial charge in [-0.05, 0) is 26.0 Å². The maximum Gasteiger partial charge on any atom is 0.332 e. The molecule has 88 valence electrons. The number of rotatable bonds is 6. The molecule has 0 heterocycles. The van der Waals surface area contributed by atoms with Gasteiger partial charge in [0, 0.05) is 0 Å². The van der Waals surface area contributed by atoms with Crippen molar-refractivity contribution in [3.05, 3.63) is 29.8 Å². The quantitative estimate of drug-likeness (QED) is 0.749. The number of carboxylic acids is 1. The number of hydrogen-bond donors (Lipinski definition) is 1. The Morgan fingerprint density at radius 3 is 2.50 bits per heavy atom. The highest BCUT2D eigenvalue weighted by Crippen LogP contribution is 2.10. The van der Waals surface area contributed by atoms with Crippen molar-refractivity contribution >= 4 is 5.97 Å². The summed E-state index contributed by atoms with van der Waals surface area (Å²) >= 11 is 0. The van der Waals surface area contributed by atoms with Gasteiger partial charge in [-0.25, -0.2) is 4.79 Å². The summed E-state index contributed by atoms with van der Waals surface area (Å²) in [5, 5.41) is 8.56. The Balaban J connectivity index is 2.21. The van der Waals surface area contributed by atoms with Gasteiger partial charge in [-0.2, -0.15) is 0 Å². The van der Waals surface area contributed by atoms with Crippen LogP contribution in [-0.4, -0.2) is 30.4 Å². The minimum atomic E-state index is -0.963. The molecule has 1 rings (SSSR count). The van der Waals surface area contributed by atoms with Gasteiger partial charge in [-0.1, -0.05) is 17.7 Å². The van der Waals surface area contributed by atoms with Gasteiger partial charge in [0.2, 0.25) is 0 Å². The summed E-state index contributed by atoms with van der Waals surface area (Å²) < 4.78 is 10.4. The van der Waals surface area contributed by atoms with E-state index in [0.717, 1.165) is 5.75 Å². The van der Waals surface area contributed by atoms with Crippen molar-refractivity contribution in [3.8, 4) is 5.75 Å². The molecule has 0 bridgehead atoms. The van der Waals surface area contributed by atoms with Crippen molar-refractivity contribution in [3.63, 3.8) is 0 Å². The average Bonchev–Trinajstić information content (AvgIpc) is 2.26. The van der Waals surface area contributed by atoms with Crippen molar-refractivity contribution in [1.29, 1.82) is 0 Å². The molecule has 4 heteroatoms. The van der Waals surface area contributed by atoms with Crippen LogP contribution in [0.15, 0.2) is 24.3 Å².